The summed E-state index contributed by atoms with van der Waals surface area (Å²) >= 11 is 0. The van der Waals surface area contributed by atoms with Crippen LogP contribution in [0.25, 0.3) is 0 Å². The molecule has 17 heavy (non-hydrogen) atoms. The Kier molecular flexibility index (Phi) is 6.23. The first-order valence-electron chi connectivity index (χ1n) is 6.58. The number of hydrogen-bond donors (Lipinski definition) is 2. The van der Waals surface area contributed by atoms with Gasteiger partial charge in [-0.15, -0.1) is 0 Å². The van der Waals surface area contributed by atoms with Gasteiger partial charge in [0.1, 0.15) is 0 Å². The summed E-state index contributed by atoms with van der Waals surface area (Å²) in [6, 6.07) is 8.58. The smallest absolute Gasteiger partial charge is 0.0512 e. The molecule has 0 amide bonds. The van der Waals surface area contributed by atoms with E-state index in [0.717, 1.165) is 32.2 Å². The van der Waals surface area contributed by atoms with Crippen molar-refractivity contribution in [2.24, 2.45) is 11.7 Å². The normalized spacial score (nSPS) is 14.6. The van der Waals surface area contributed by atoms with Crippen molar-refractivity contribution in [3.05, 3.63) is 35.4 Å². The lowest BCUT2D eigenvalue weighted by Gasteiger charge is -2.13. The summed E-state index contributed by atoms with van der Waals surface area (Å²) in [5.41, 5.74) is 8.50. The first-order valence-corrected chi connectivity index (χ1v) is 6.58. The molecule has 3 N–H and O–H groups in total. The SMILES string of the molecule is C[C@H](CN)Cc1ccccc1CCC[C@@H](C)O. The number of hydrogen-bond acceptors (Lipinski definition) is 2. The first kappa shape index (κ1) is 14.2. The zero-order valence-electron chi connectivity index (χ0n) is 11.0. The highest BCUT2D eigenvalue weighted by molar-refractivity contribution is 5.27. The number of aryl methyl sites for hydroxylation is 1. The van der Waals surface area contributed by atoms with E-state index in [1.165, 1.54) is 11.1 Å². The minimum Gasteiger partial charge on any atom is -0.393 e. The zero-order valence-corrected chi connectivity index (χ0v) is 11.0. The average Bonchev–Trinajstić information content (AvgIpc) is 2.30. The standard InChI is InChI=1S/C15H25NO/c1-12(11-16)10-15-8-4-3-7-14(15)9-5-6-13(2)17/h3-4,7-8,12-13,17H,5-6,9-11,16H2,1-2H3/t12-,13+/m0/s1. The Labute approximate surface area is 105 Å². The van der Waals surface area contributed by atoms with Crippen LogP contribution in [-0.2, 0) is 12.8 Å². The van der Waals surface area contributed by atoms with E-state index in [1.807, 2.05) is 6.92 Å². The van der Waals surface area contributed by atoms with Crippen LogP contribution in [0.5, 0.6) is 0 Å². The fraction of sp³-hybridized carbons (Fsp3) is 0.600. The van der Waals surface area contributed by atoms with Gasteiger partial charge in [-0.1, -0.05) is 31.2 Å². The Morgan fingerprint density at radius 3 is 2.41 bits per heavy atom. The molecule has 0 saturated heterocycles. The van der Waals surface area contributed by atoms with Crippen molar-refractivity contribution in [3.8, 4) is 0 Å². The van der Waals surface area contributed by atoms with Crippen LogP contribution in [0, 0.1) is 5.92 Å². The quantitative estimate of drug-likeness (QED) is 0.763. The van der Waals surface area contributed by atoms with Crippen LogP contribution >= 0.6 is 0 Å². The Morgan fingerprint density at radius 1 is 1.18 bits per heavy atom. The molecule has 96 valence electrons. The van der Waals surface area contributed by atoms with E-state index in [2.05, 4.69) is 31.2 Å². The highest BCUT2D eigenvalue weighted by Gasteiger charge is 2.06. The van der Waals surface area contributed by atoms with Crippen molar-refractivity contribution in [2.45, 2.75) is 45.6 Å². The van der Waals surface area contributed by atoms with Gasteiger partial charge in [-0.2, -0.15) is 0 Å². The van der Waals surface area contributed by atoms with E-state index >= 15 is 0 Å². The second kappa shape index (κ2) is 7.46. The zero-order chi connectivity index (χ0) is 12.7. The summed E-state index contributed by atoms with van der Waals surface area (Å²) < 4.78 is 0. The summed E-state index contributed by atoms with van der Waals surface area (Å²) in [5, 5.41) is 9.27. The van der Waals surface area contributed by atoms with Crippen LogP contribution in [0.1, 0.15) is 37.8 Å². The molecule has 0 radical (unpaired) electrons. The van der Waals surface area contributed by atoms with Gasteiger partial charge in [-0.3, -0.25) is 0 Å². The number of nitrogens with two attached hydrogens (primary N) is 1. The van der Waals surface area contributed by atoms with Crippen LogP contribution < -0.4 is 5.73 Å². The second-order valence-corrected chi connectivity index (χ2v) is 5.05. The maximum Gasteiger partial charge on any atom is 0.0512 e. The Morgan fingerprint density at radius 2 is 1.82 bits per heavy atom. The maximum atomic E-state index is 9.27. The molecule has 2 nitrogen and oxygen atoms in total. The minimum atomic E-state index is -0.190. The van der Waals surface area contributed by atoms with E-state index in [9.17, 15) is 5.11 Å². The van der Waals surface area contributed by atoms with Crippen molar-refractivity contribution in [3.63, 3.8) is 0 Å². The van der Waals surface area contributed by atoms with E-state index in [-0.39, 0.29) is 6.10 Å². The van der Waals surface area contributed by atoms with Gasteiger partial charge in [0.25, 0.3) is 0 Å². The Bertz CT molecular complexity index is 322. The van der Waals surface area contributed by atoms with E-state index in [1.54, 1.807) is 0 Å². The fourth-order valence-corrected chi connectivity index (χ4v) is 2.05. The van der Waals surface area contributed by atoms with Crippen molar-refractivity contribution in [2.75, 3.05) is 6.54 Å². The Balaban J connectivity index is 2.57. The molecule has 1 aromatic rings. The molecular formula is C15H25NO. The molecule has 0 heterocycles. The molecule has 0 aliphatic carbocycles. The second-order valence-electron chi connectivity index (χ2n) is 5.05. The summed E-state index contributed by atoms with van der Waals surface area (Å²) in [6.45, 7) is 4.77. The monoisotopic (exact) mass is 235 g/mol. The lowest BCUT2D eigenvalue weighted by Crippen LogP contribution is -2.14. The van der Waals surface area contributed by atoms with Crippen LogP contribution in [0.3, 0.4) is 0 Å². The molecule has 0 aromatic heterocycles. The number of rotatable bonds is 7. The van der Waals surface area contributed by atoms with Gasteiger partial charge in [0, 0.05) is 0 Å². The van der Waals surface area contributed by atoms with Gasteiger partial charge in [0.15, 0.2) is 0 Å². The van der Waals surface area contributed by atoms with E-state index in [4.69, 9.17) is 5.73 Å². The highest BCUT2D eigenvalue weighted by atomic mass is 16.3. The van der Waals surface area contributed by atoms with Crippen molar-refractivity contribution in [1.29, 1.82) is 0 Å². The van der Waals surface area contributed by atoms with Gasteiger partial charge in [-0.05, 0) is 56.2 Å². The van der Waals surface area contributed by atoms with Crippen molar-refractivity contribution >= 4 is 0 Å². The molecular weight excluding hydrogens is 210 g/mol. The van der Waals surface area contributed by atoms with Gasteiger partial charge in [-0.25, -0.2) is 0 Å². The lowest BCUT2D eigenvalue weighted by atomic mass is 9.94. The summed E-state index contributed by atoms with van der Waals surface area (Å²) in [7, 11) is 0. The molecule has 0 spiro atoms. The highest BCUT2D eigenvalue weighted by Crippen LogP contribution is 2.16. The van der Waals surface area contributed by atoms with Crippen LogP contribution in [-0.4, -0.2) is 17.8 Å². The number of aliphatic hydroxyl groups excluding tert-OH is 1. The Hall–Kier alpha value is -0.860. The molecule has 0 bridgehead atoms. The predicted molar refractivity (Wildman–Crippen MR) is 73.0 cm³/mol. The average molecular weight is 235 g/mol. The molecule has 1 aromatic carbocycles. The first-order chi connectivity index (χ1) is 8.13. The number of aliphatic hydroxyl groups is 1. The van der Waals surface area contributed by atoms with Crippen LogP contribution in [0.15, 0.2) is 24.3 Å². The van der Waals surface area contributed by atoms with Crippen molar-refractivity contribution in [1.82, 2.24) is 0 Å². The van der Waals surface area contributed by atoms with Gasteiger partial charge < -0.3 is 10.8 Å². The van der Waals surface area contributed by atoms with Crippen molar-refractivity contribution < 1.29 is 5.11 Å². The minimum absolute atomic E-state index is 0.190. The van der Waals surface area contributed by atoms with Crippen LogP contribution in [0.4, 0.5) is 0 Å². The summed E-state index contributed by atoms with van der Waals surface area (Å²) in [4.78, 5) is 0. The molecule has 0 fully saturated rings. The molecule has 0 aliphatic rings. The van der Waals surface area contributed by atoms with E-state index < -0.39 is 0 Å². The van der Waals surface area contributed by atoms with Crippen LogP contribution in [0.2, 0.25) is 0 Å². The third-order valence-electron chi connectivity index (χ3n) is 3.16. The topological polar surface area (TPSA) is 46.2 Å². The van der Waals surface area contributed by atoms with E-state index in [0.29, 0.717) is 5.92 Å². The molecule has 0 unspecified atom stereocenters. The maximum absolute atomic E-state index is 9.27. The van der Waals surface area contributed by atoms with Gasteiger partial charge >= 0.3 is 0 Å². The van der Waals surface area contributed by atoms with Gasteiger partial charge in [0.2, 0.25) is 0 Å². The largest absolute Gasteiger partial charge is 0.393 e. The predicted octanol–water partition coefficient (Wildman–Crippen LogP) is 2.53. The fourth-order valence-electron chi connectivity index (χ4n) is 2.05. The number of benzene rings is 1. The third-order valence-corrected chi connectivity index (χ3v) is 3.16. The molecule has 2 atom stereocenters. The lowest BCUT2D eigenvalue weighted by molar-refractivity contribution is 0.181. The molecule has 1 rings (SSSR count). The summed E-state index contributed by atoms with van der Waals surface area (Å²) in [6.07, 6.45) is 3.84. The van der Waals surface area contributed by atoms with Gasteiger partial charge in [0.05, 0.1) is 6.10 Å². The molecule has 0 aliphatic heterocycles. The third kappa shape index (κ3) is 5.33. The molecule has 0 saturated carbocycles. The molecule has 2 heteroatoms. The summed E-state index contributed by atoms with van der Waals surface area (Å²) in [5.74, 6) is 0.535.